The molecule has 0 aliphatic carbocycles. The predicted molar refractivity (Wildman–Crippen MR) is 140 cm³/mol. The Kier molecular flexibility index (Phi) is 8.52. The summed E-state index contributed by atoms with van der Waals surface area (Å²) in [6.07, 6.45) is 1.56. The number of ether oxygens (including phenoxy) is 1. The number of hydrogen-bond acceptors (Lipinski definition) is 5. The van der Waals surface area contributed by atoms with Crippen molar-refractivity contribution in [2.75, 3.05) is 32.1 Å². The van der Waals surface area contributed by atoms with Crippen molar-refractivity contribution >= 4 is 11.6 Å². The summed E-state index contributed by atoms with van der Waals surface area (Å²) < 4.78 is 48.6. The normalized spacial score (nSPS) is 21.3. The summed E-state index contributed by atoms with van der Waals surface area (Å²) in [5.74, 6) is -1.55. The highest BCUT2D eigenvalue weighted by Gasteiger charge is 2.31. The maximum Gasteiger partial charge on any atom is 0.266 e. The molecule has 7 nitrogen and oxygen atoms in total. The number of rotatable bonds is 7. The molecule has 0 saturated carbocycles. The van der Waals surface area contributed by atoms with Crippen molar-refractivity contribution in [2.24, 2.45) is 0 Å². The Morgan fingerprint density at radius 3 is 2.50 bits per heavy atom. The highest BCUT2D eigenvalue weighted by Crippen LogP contribution is 2.32. The zero-order chi connectivity index (χ0) is 27.6. The fraction of sp³-hybridized carbons (Fsp3) is 0.571. The third kappa shape index (κ3) is 6.40. The maximum atomic E-state index is 14.8. The number of aromatic nitrogens is 1. The van der Waals surface area contributed by atoms with Crippen molar-refractivity contribution in [2.45, 2.75) is 76.6 Å². The largest absolute Gasteiger partial charge is 0.381 e. The number of amides is 1. The van der Waals surface area contributed by atoms with Crippen molar-refractivity contribution in [1.29, 1.82) is 0 Å². The first-order chi connectivity index (χ1) is 17.9. The summed E-state index contributed by atoms with van der Waals surface area (Å²) in [5.41, 5.74) is -0.686. The van der Waals surface area contributed by atoms with Crippen molar-refractivity contribution in [3.8, 4) is 0 Å². The van der Waals surface area contributed by atoms with Gasteiger partial charge in [-0.2, -0.15) is 0 Å². The monoisotopic (exact) mass is 534 g/mol. The first kappa shape index (κ1) is 28.2. The Morgan fingerprint density at radius 1 is 1.16 bits per heavy atom. The van der Waals surface area contributed by atoms with Gasteiger partial charge in [-0.15, -0.1) is 0 Å². The van der Waals surface area contributed by atoms with Gasteiger partial charge in [0, 0.05) is 36.5 Å². The molecule has 0 spiro atoms. The van der Waals surface area contributed by atoms with E-state index in [1.165, 1.54) is 18.2 Å². The molecule has 4 rings (SSSR count). The van der Waals surface area contributed by atoms with Crippen LogP contribution in [-0.4, -0.2) is 53.8 Å². The van der Waals surface area contributed by atoms with E-state index in [4.69, 9.17) is 4.74 Å². The van der Waals surface area contributed by atoms with Crippen LogP contribution in [0.15, 0.2) is 35.3 Å². The van der Waals surface area contributed by atoms with Crippen LogP contribution in [-0.2, 0) is 4.74 Å². The zero-order valence-corrected chi connectivity index (χ0v) is 22.4. The Hall–Kier alpha value is -2.85. The summed E-state index contributed by atoms with van der Waals surface area (Å²) in [7, 11) is 2.05. The Balaban J connectivity index is 1.66. The van der Waals surface area contributed by atoms with Crippen LogP contribution in [0.1, 0.15) is 86.4 Å². The van der Waals surface area contributed by atoms with Crippen molar-refractivity contribution in [1.82, 2.24) is 14.8 Å². The number of piperidine rings is 1. The van der Waals surface area contributed by atoms with Crippen LogP contribution in [0.25, 0.3) is 0 Å². The highest BCUT2D eigenvalue weighted by atomic mass is 19.3. The molecule has 0 radical (unpaired) electrons. The van der Waals surface area contributed by atoms with Crippen LogP contribution >= 0.6 is 0 Å². The second-order valence-corrected chi connectivity index (χ2v) is 11.1. The van der Waals surface area contributed by atoms with Gasteiger partial charge < -0.3 is 24.8 Å². The molecule has 208 valence electrons. The number of anilines is 1. The van der Waals surface area contributed by atoms with Crippen LogP contribution in [0, 0.1) is 5.82 Å². The third-order valence-corrected chi connectivity index (χ3v) is 7.58. The average Bonchev–Trinajstić information content (AvgIpc) is 2.84. The molecule has 38 heavy (non-hydrogen) atoms. The molecule has 2 aliphatic heterocycles. The van der Waals surface area contributed by atoms with E-state index < -0.39 is 35.4 Å². The number of carbonyl (C=O) groups is 1. The molecule has 3 heterocycles. The summed E-state index contributed by atoms with van der Waals surface area (Å²) in [6, 6.07) is 4.29. The molecule has 1 amide bonds. The number of nitrogens with one attached hydrogen (secondary N) is 2. The standard InChI is InChI=1S/C28H37F3N4O3/c1-17(20-6-5-7-21(25(20)29)26(30)31)32-27(37)22-16-35(19-10-13-38-28(2,3)15-19)24(36)14-23(22)33-18-8-11-34(4)12-9-18/h5-7,14,16-19,26,33H,8-13,15H2,1-4H3,(H,32,37)/t17?,19-/m0/s1. The lowest BCUT2D eigenvalue weighted by Gasteiger charge is -2.36. The number of alkyl halides is 2. The van der Waals surface area contributed by atoms with Crippen molar-refractivity contribution < 1.29 is 22.7 Å². The Morgan fingerprint density at radius 2 is 1.84 bits per heavy atom. The van der Waals surface area contributed by atoms with E-state index >= 15 is 0 Å². The number of pyridine rings is 1. The second-order valence-electron chi connectivity index (χ2n) is 11.1. The van der Waals surface area contributed by atoms with Crippen molar-refractivity contribution in [3.63, 3.8) is 0 Å². The van der Waals surface area contributed by atoms with E-state index in [0.29, 0.717) is 25.1 Å². The zero-order valence-electron chi connectivity index (χ0n) is 22.4. The minimum absolute atomic E-state index is 0.0273. The van der Waals surface area contributed by atoms with E-state index in [2.05, 4.69) is 22.6 Å². The van der Waals surface area contributed by atoms with Gasteiger partial charge in [-0.05, 0) is 66.6 Å². The average molecular weight is 535 g/mol. The molecule has 1 unspecified atom stereocenters. The third-order valence-electron chi connectivity index (χ3n) is 7.58. The first-order valence-electron chi connectivity index (χ1n) is 13.2. The fourth-order valence-electron chi connectivity index (χ4n) is 5.37. The van der Waals surface area contributed by atoms with Gasteiger partial charge in [-0.25, -0.2) is 13.2 Å². The molecule has 0 bridgehead atoms. The topological polar surface area (TPSA) is 75.6 Å². The second kappa shape index (κ2) is 11.5. The molecule has 2 fully saturated rings. The molecule has 2 N–H and O–H groups in total. The lowest BCUT2D eigenvalue weighted by Crippen LogP contribution is -2.40. The van der Waals surface area contributed by atoms with Crippen LogP contribution in [0.2, 0.25) is 0 Å². The summed E-state index contributed by atoms with van der Waals surface area (Å²) in [5, 5.41) is 6.15. The predicted octanol–water partition coefficient (Wildman–Crippen LogP) is 5.05. The number of nitrogens with zero attached hydrogens (tertiary/aromatic N) is 2. The fourth-order valence-corrected chi connectivity index (χ4v) is 5.37. The summed E-state index contributed by atoms with van der Waals surface area (Å²) in [4.78, 5) is 29.0. The number of benzene rings is 1. The van der Waals surface area contributed by atoms with Gasteiger partial charge in [-0.3, -0.25) is 9.59 Å². The van der Waals surface area contributed by atoms with Gasteiger partial charge in [0.15, 0.2) is 0 Å². The number of hydrogen-bond donors (Lipinski definition) is 2. The molecule has 1 aromatic carbocycles. The molecular weight excluding hydrogens is 497 g/mol. The summed E-state index contributed by atoms with van der Waals surface area (Å²) >= 11 is 0. The van der Waals surface area contributed by atoms with E-state index in [-0.39, 0.29) is 28.8 Å². The SMILES string of the molecule is CC(NC(=O)c1cn([C@H]2CCOC(C)(C)C2)c(=O)cc1NC1CCN(C)CC1)c1cccc(C(F)F)c1F. The molecule has 1 aromatic heterocycles. The highest BCUT2D eigenvalue weighted by molar-refractivity contribution is 5.99. The molecule has 2 saturated heterocycles. The van der Waals surface area contributed by atoms with E-state index in [9.17, 15) is 22.8 Å². The van der Waals surface area contributed by atoms with Gasteiger partial charge >= 0.3 is 0 Å². The molecule has 10 heteroatoms. The van der Waals surface area contributed by atoms with E-state index in [1.54, 1.807) is 17.7 Å². The van der Waals surface area contributed by atoms with Gasteiger partial charge in [-0.1, -0.05) is 18.2 Å². The van der Waals surface area contributed by atoms with Crippen LogP contribution in [0.5, 0.6) is 0 Å². The Labute approximate surface area is 221 Å². The minimum atomic E-state index is -2.96. The van der Waals surface area contributed by atoms with E-state index in [0.717, 1.165) is 32.0 Å². The quantitative estimate of drug-likeness (QED) is 0.520. The van der Waals surface area contributed by atoms with Gasteiger partial charge in [0.2, 0.25) is 0 Å². The maximum absolute atomic E-state index is 14.8. The lowest BCUT2D eigenvalue weighted by atomic mass is 9.93. The molecule has 2 aliphatic rings. The van der Waals surface area contributed by atoms with E-state index in [1.807, 2.05) is 13.8 Å². The number of carbonyl (C=O) groups excluding carboxylic acids is 1. The summed E-state index contributed by atoms with van der Waals surface area (Å²) in [6.45, 7) is 7.77. The number of halogens is 3. The minimum Gasteiger partial charge on any atom is -0.381 e. The first-order valence-corrected chi connectivity index (χ1v) is 13.2. The van der Waals surface area contributed by atoms with Gasteiger partial charge in [0.1, 0.15) is 5.82 Å². The molecule has 2 aromatic rings. The Bertz CT molecular complexity index is 1210. The van der Waals surface area contributed by atoms with Crippen LogP contribution in [0.3, 0.4) is 0 Å². The van der Waals surface area contributed by atoms with Gasteiger partial charge in [0.25, 0.3) is 17.9 Å². The number of likely N-dealkylation sites (tertiary alicyclic amines) is 1. The lowest BCUT2D eigenvalue weighted by molar-refractivity contribution is -0.0695. The smallest absolute Gasteiger partial charge is 0.266 e. The van der Waals surface area contributed by atoms with Crippen LogP contribution < -0.4 is 16.2 Å². The molecular formula is C28H37F3N4O3. The van der Waals surface area contributed by atoms with Crippen LogP contribution in [0.4, 0.5) is 18.9 Å². The molecule has 2 atom stereocenters. The van der Waals surface area contributed by atoms with Crippen molar-refractivity contribution in [3.05, 3.63) is 63.3 Å². The van der Waals surface area contributed by atoms with Gasteiger partial charge in [0.05, 0.1) is 28.5 Å².